The number of unbranched alkanes of at least 4 members (excludes halogenated alkanes) is 2. The number of thioether (sulfide) groups is 1. The Labute approximate surface area is 91.1 Å². The molecule has 0 aromatic heterocycles. The fraction of sp³-hybridized carbons (Fsp3) is 0.889. The van der Waals surface area contributed by atoms with Gasteiger partial charge in [-0.1, -0.05) is 6.42 Å². The van der Waals surface area contributed by atoms with E-state index in [1.807, 2.05) is 18.7 Å². The van der Waals surface area contributed by atoms with Crippen LogP contribution in [-0.4, -0.2) is 31.1 Å². The van der Waals surface area contributed by atoms with Gasteiger partial charge in [0.15, 0.2) is 0 Å². The number of nitrogens with zero attached hydrogens (tertiary/aromatic N) is 1. The SMILES string of the molecule is CCNC(=NCCCCCSC)NN. The lowest BCUT2D eigenvalue weighted by molar-refractivity contribution is 0.724. The quantitative estimate of drug-likeness (QED) is 0.196. The van der Waals surface area contributed by atoms with Gasteiger partial charge < -0.3 is 5.32 Å². The van der Waals surface area contributed by atoms with Crippen LogP contribution in [0.15, 0.2) is 4.99 Å². The summed E-state index contributed by atoms with van der Waals surface area (Å²) < 4.78 is 0. The minimum absolute atomic E-state index is 0.692. The third-order valence-corrected chi connectivity index (χ3v) is 2.45. The Morgan fingerprint density at radius 2 is 2.14 bits per heavy atom. The summed E-state index contributed by atoms with van der Waals surface area (Å²) >= 11 is 1.90. The third kappa shape index (κ3) is 8.19. The van der Waals surface area contributed by atoms with E-state index in [1.54, 1.807) is 0 Å². The molecule has 0 unspecified atom stereocenters. The Hall–Kier alpha value is -0.420. The van der Waals surface area contributed by atoms with Crippen LogP contribution in [-0.2, 0) is 0 Å². The van der Waals surface area contributed by atoms with E-state index in [0.717, 1.165) is 19.5 Å². The highest BCUT2D eigenvalue weighted by Gasteiger charge is 1.92. The number of hydrogen-bond donors (Lipinski definition) is 3. The summed E-state index contributed by atoms with van der Waals surface area (Å²) in [7, 11) is 0. The maximum absolute atomic E-state index is 5.27. The molecule has 0 aliphatic rings. The Kier molecular flexibility index (Phi) is 10.3. The second kappa shape index (κ2) is 10.7. The van der Waals surface area contributed by atoms with Gasteiger partial charge in [0.1, 0.15) is 0 Å². The molecule has 0 amide bonds. The lowest BCUT2D eigenvalue weighted by Crippen LogP contribution is -2.41. The van der Waals surface area contributed by atoms with Crippen molar-refractivity contribution in [3.8, 4) is 0 Å². The lowest BCUT2D eigenvalue weighted by atomic mass is 10.2. The number of aliphatic imine (C=N–C) groups is 1. The van der Waals surface area contributed by atoms with Gasteiger partial charge in [-0.25, -0.2) is 5.84 Å². The molecule has 0 radical (unpaired) electrons. The van der Waals surface area contributed by atoms with E-state index in [0.29, 0.717) is 5.96 Å². The molecular weight excluding hydrogens is 196 g/mol. The van der Waals surface area contributed by atoms with Gasteiger partial charge in [0.2, 0.25) is 5.96 Å². The van der Waals surface area contributed by atoms with Gasteiger partial charge in [-0.3, -0.25) is 10.4 Å². The van der Waals surface area contributed by atoms with E-state index >= 15 is 0 Å². The highest BCUT2D eigenvalue weighted by molar-refractivity contribution is 7.98. The zero-order valence-electron chi connectivity index (χ0n) is 9.18. The van der Waals surface area contributed by atoms with Crippen molar-refractivity contribution in [2.24, 2.45) is 10.8 Å². The summed E-state index contributed by atoms with van der Waals surface area (Å²) in [5, 5.41) is 3.04. The van der Waals surface area contributed by atoms with Crippen molar-refractivity contribution >= 4 is 17.7 Å². The van der Waals surface area contributed by atoms with Crippen LogP contribution in [0.5, 0.6) is 0 Å². The minimum atomic E-state index is 0.692. The number of hydrazine groups is 1. The van der Waals surface area contributed by atoms with Gasteiger partial charge in [0, 0.05) is 13.1 Å². The first kappa shape index (κ1) is 13.6. The van der Waals surface area contributed by atoms with E-state index < -0.39 is 0 Å². The lowest BCUT2D eigenvalue weighted by Gasteiger charge is -2.05. The molecule has 0 aromatic carbocycles. The van der Waals surface area contributed by atoms with Crippen molar-refractivity contribution in [2.75, 3.05) is 25.1 Å². The van der Waals surface area contributed by atoms with Gasteiger partial charge in [-0.2, -0.15) is 11.8 Å². The molecule has 5 heteroatoms. The predicted molar refractivity (Wildman–Crippen MR) is 65.5 cm³/mol. The molecule has 0 heterocycles. The molecule has 0 rings (SSSR count). The molecule has 0 aromatic rings. The number of nitrogens with one attached hydrogen (secondary N) is 2. The summed E-state index contributed by atoms with van der Waals surface area (Å²) in [6, 6.07) is 0. The van der Waals surface area contributed by atoms with Crippen LogP contribution in [0, 0.1) is 0 Å². The minimum Gasteiger partial charge on any atom is -0.356 e. The summed E-state index contributed by atoms with van der Waals surface area (Å²) in [6.45, 7) is 3.71. The summed E-state index contributed by atoms with van der Waals surface area (Å²) in [6.07, 6.45) is 5.80. The maximum atomic E-state index is 5.27. The molecule has 4 N–H and O–H groups in total. The fourth-order valence-electron chi connectivity index (χ4n) is 1.05. The van der Waals surface area contributed by atoms with E-state index in [9.17, 15) is 0 Å². The highest BCUT2D eigenvalue weighted by atomic mass is 32.2. The average Bonchev–Trinajstić information content (AvgIpc) is 2.21. The van der Waals surface area contributed by atoms with E-state index in [4.69, 9.17) is 5.84 Å². The highest BCUT2D eigenvalue weighted by Crippen LogP contribution is 2.01. The second-order valence-corrected chi connectivity index (χ2v) is 3.94. The molecule has 0 saturated heterocycles. The first-order valence-electron chi connectivity index (χ1n) is 5.09. The van der Waals surface area contributed by atoms with Crippen LogP contribution >= 0.6 is 11.8 Å². The van der Waals surface area contributed by atoms with E-state index in [1.165, 1.54) is 18.6 Å². The Bertz CT molecular complexity index is 150. The van der Waals surface area contributed by atoms with Crippen molar-refractivity contribution < 1.29 is 0 Å². The van der Waals surface area contributed by atoms with Crippen LogP contribution in [0.25, 0.3) is 0 Å². The standard InChI is InChI=1S/C9H22N4S/c1-3-11-9(13-10)12-7-5-4-6-8-14-2/h3-8,10H2,1-2H3,(H2,11,12,13). The first-order chi connectivity index (χ1) is 6.85. The maximum Gasteiger partial charge on any atom is 0.205 e. The van der Waals surface area contributed by atoms with Crippen molar-refractivity contribution in [1.82, 2.24) is 10.7 Å². The van der Waals surface area contributed by atoms with Gasteiger partial charge in [-0.05, 0) is 31.8 Å². The molecule has 0 aliphatic heterocycles. The molecule has 0 fully saturated rings. The van der Waals surface area contributed by atoms with Crippen molar-refractivity contribution in [3.05, 3.63) is 0 Å². The molecule has 14 heavy (non-hydrogen) atoms. The third-order valence-electron chi connectivity index (χ3n) is 1.76. The molecular formula is C9H22N4S. The summed E-state index contributed by atoms with van der Waals surface area (Å²) in [5.41, 5.74) is 2.54. The van der Waals surface area contributed by atoms with Crippen LogP contribution < -0.4 is 16.6 Å². The molecule has 0 spiro atoms. The average molecular weight is 218 g/mol. The number of guanidine groups is 1. The van der Waals surface area contributed by atoms with Crippen molar-refractivity contribution in [2.45, 2.75) is 26.2 Å². The van der Waals surface area contributed by atoms with Gasteiger partial charge in [-0.15, -0.1) is 0 Å². The van der Waals surface area contributed by atoms with Crippen LogP contribution in [0.4, 0.5) is 0 Å². The normalized spacial score (nSPS) is 11.5. The van der Waals surface area contributed by atoms with Crippen LogP contribution in [0.3, 0.4) is 0 Å². The molecule has 0 aliphatic carbocycles. The van der Waals surface area contributed by atoms with Gasteiger partial charge >= 0.3 is 0 Å². The Morgan fingerprint density at radius 1 is 1.36 bits per heavy atom. The fourth-order valence-corrected chi connectivity index (χ4v) is 1.54. The number of rotatable bonds is 7. The van der Waals surface area contributed by atoms with E-state index in [2.05, 4.69) is 22.0 Å². The summed E-state index contributed by atoms with van der Waals surface area (Å²) in [5.74, 6) is 7.22. The molecule has 4 nitrogen and oxygen atoms in total. The monoisotopic (exact) mass is 218 g/mol. The number of nitrogens with two attached hydrogens (primary N) is 1. The molecule has 0 saturated carbocycles. The number of hydrogen-bond acceptors (Lipinski definition) is 3. The van der Waals surface area contributed by atoms with E-state index in [-0.39, 0.29) is 0 Å². The van der Waals surface area contributed by atoms with Gasteiger partial charge in [0.25, 0.3) is 0 Å². The smallest absolute Gasteiger partial charge is 0.205 e. The zero-order valence-corrected chi connectivity index (χ0v) is 9.99. The largest absolute Gasteiger partial charge is 0.356 e. The van der Waals surface area contributed by atoms with Crippen molar-refractivity contribution in [1.29, 1.82) is 0 Å². The first-order valence-corrected chi connectivity index (χ1v) is 6.48. The Morgan fingerprint density at radius 3 is 2.71 bits per heavy atom. The zero-order chi connectivity index (χ0) is 10.6. The molecule has 0 atom stereocenters. The molecule has 84 valence electrons. The Balaban J connectivity index is 3.38. The predicted octanol–water partition coefficient (Wildman–Crippen LogP) is 0.948. The molecule has 0 bridgehead atoms. The van der Waals surface area contributed by atoms with Crippen LogP contribution in [0.2, 0.25) is 0 Å². The summed E-state index contributed by atoms with van der Waals surface area (Å²) in [4.78, 5) is 4.29. The topological polar surface area (TPSA) is 62.4 Å². The van der Waals surface area contributed by atoms with Gasteiger partial charge in [0.05, 0.1) is 0 Å². The van der Waals surface area contributed by atoms with Crippen molar-refractivity contribution in [3.63, 3.8) is 0 Å². The second-order valence-electron chi connectivity index (χ2n) is 2.96. The van der Waals surface area contributed by atoms with Crippen LogP contribution in [0.1, 0.15) is 26.2 Å².